The van der Waals surface area contributed by atoms with E-state index in [1.165, 1.54) is 28.4 Å². The SMILES string of the molecule is COc1cc(OC)c2c(=O)c3c(oc2c1)C(=O)c1cc(OC)c(OC)cc1-3. The number of carbonyl (C=O) groups excluding carboxylic acids is 1. The van der Waals surface area contributed by atoms with Crippen LogP contribution in [-0.2, 0) is 0 Å². The van der Waals surface area contributed by atoms with Gasteiger partial charge in [-0.05, 0) is 12.1 Å². The Hall–Kier alpha value is -3.48. The Labute approximate surface area is 154 Å². The molecule has 0 unspecified atom stereocenters. The Bertz CT molecular complexity index is 1160. The number of ether oxygens (including phenoxy) is 4. The van der Waals surface area contributed by atoms with Gasteiger partial charge in [-0.3, -0.25) is 9.59 Å². The molecule has 0 bridgehead atoms. The van der Waals surface area contributed by atoms with Crippen LogP contribution in [0.25, 0.3) is 22.1 Å². The molecule has 7 nitrogen and oxygen atoms in total. The van der Waals surface area contributed by atoms with Crippen LogP contribution in [0.2, 0.25) is 0 Å². The first-order chi connectivity index (χ1) is 13.0. The monoisotopic (exact) mass is 368 g/mol. The minimum absolute atomic E-state index is 0.0203. The number of benzene rings is 2. The Balaban J connectivity index is 2.11. The van der Waals surface area contributed by atoms with Gasteiger partial charge in [0.1, 0.15) is 22.5 Å². The van der Waals surface area contributed by atoms with E-state index in [2.05, 4.69) is 0 Å². The summed E-state index contributed by atoms with van der Waals surface area (Å²) < 4.78 is 26.9. The highest BCUT2D eigenvalue weighted by atomic mass is 16.5. The molecule has 2 aromatic carbocycles. The molecule has 0 fully saturated rings. The maximum Gasteiger partial charge on any atom is 0.229 e. The van der Waals surface area contributed by atoms with Crippen molar-refractivity contribution >= 4 is 16.8 Å². The van der Waals surface area contributed by atoms with Crippen LogP contribution >= 0.6 is 0 Å². The summed E-state index contributed by atoms with van der Waals surface area (Å²) in [6.45, 7) is 0. The van der Waals surface area contributed by atoms with Gasteiger partial charge in [-0.25, -0.2) is 0 Å². The van der Waals surface area contributed by atoms with Gasteiger partial charge in [0.15, 0.2) is 17.3 Å². The molecule has 1 aliphatic rings. The molecule has 1 aliphatic carbocycles. The van der Waals surface area contributed by atoms with Crippen LogP contribution in [0, 0.1) is 0 Å². The Morgan fingerprint density at radius 1 is 0.741 bits per heavy atom. The quantitative estimate of drug-likeness (QED) is 0.547. The lowest BCUT2D eigenvalue weighted by Gasteiger charge is -2.10. The first-order valence-corrected chi connectivity index (χ1v) is 8.08. The average Bonchev–Trinajstić information content (AvgIpc) is 2.97. The fourth-order valence-corrected chi connectivity index (χ4v) is 3.34. The van der Waals surface area contributed by atoms with Crippen molar-refractivity contribution in [2.75, 3.05) is 28.4 Å². The van der Waals surface area contributed by atoms with Crippen LogP contribution in [0.5, 0.6) is 23.0 Å². The highest BCUT2D eigenvalue weighted by Crippen LogP contribution is 2.43. The van der Waals surface area contributed by atoms with Crippen LogP contribution in [0.15, 0.2) is 33.5 Å². The molecule has 0 spiro atoms. The molecule has 0 aliphatic heterocycles. The number of fused-ring (bicyclic) bond motifs is 4. The van der Waals surface area contributed by atoms with Crippen LogP contribution in [0.1, 0.15) is 16.1 Å². The predicted octanol–water partition coefficient (Wildman–Crippen LogP) is 3.04. The molecule has 4 rings (SSSR count). The van der Waals surface area contributed by atoms with Crippen molar-refractivity contribution in [2.45, 2.75) is 0 Å². The van der Waals surface area contributed by atoms with Crippen molar-refractivity contribution < 1.29 is 28.2 Å². The molecular formula is C20H16O7. The molecule has 138 valence electrons. The lowest BCUT2D eigenvalue weighted by atomic mass is 10.0. The van der Waals surface area contributed by atoms with Crippen molar-refractivity contribution in [1.82, 2.24) is 0 Å². The van der Waals surface area contributed by atoms with Gasteiger partial charge >= 0.3 is 0 Å². The van der Waals surface area contributed by atoms with Gasteiger partial charge < -0.3 is 23.4 Å². The second-order valence-electron chi connectivity index (χ2n) is 5.92. The molecule has 0 amide bonds. The van der Waals surface area contributed by atoms with E-state index in [1.807, 2.05) is 0 Å². The van der Waals surface area contributed by atoms with E-state index in [9.17, 15) is 9.59 Å². The van der Waals surface area contributed by atoms with Gasteiger partial charge in [0, 0.05) is 23.3 Å². The lowest BCUT2D eigenvalue weighted by Crippen LogP contribution is -2.08. The van der Waals surface area contributed by atoms with Gasteiger partial charge in [0.25, 0.3) is 0 Å². The number of hydrogen-bond acceptors (Lipinski definition) is 7. The molecule has 3 aromatic rings. The molecule has 0 saturated heterocycles. The largest absolute Gasteiger partial charge is 0.496 e. The minimum Gasteiger partial charge on any atom is -0.496 e. The third-order valence-electron chi connectivity index (χ3n) is 4.63. The predicted molar refractivity (Wildman–Crippen MR) is 97.6 cm³/mol. The fraction of sp³-hybridized carbons (Fsp3) is 0.200. The van der Waals surface area contributed by atoms with Crippen LogP contribution < -0.4 is 24.4 Å². The van der Waals surface area contributed by atoms with Crippen molar-refractivity contribution in [3.8, 4) is 34.1 Å². The summed E-state index contributed by atoms with van der Waals surface area (Å²) in [6.07, 6.45) is 0. The van der Waals surface area contributed by atoms with E-state index in [-0.39, 0.29) is 33.5 Å². The molecule has 0 atom stereocenters. The fourth-order valence-electron chi connectivity index (χ4n) is 3.34. The molecule has 0 saturated carbocycles. The van der Waals surface area contributed by atoms with Crippen LogP contribution in [-0.4, -0.2) is 34.2 Å². The highest BCUT2D eigenvalue weighted by molar-refractivity contribution is 6.21. The third-order valence-corrected chi connectivity index (χ3v) is 4.63. The third kappa shape index (κ3) is 2.28. The number of rotatable bonds is 4. The topological polar surface area (TPSA) is 84.2 Å². The summed E-state index contributed by atoms with van der Waals surface area (Å²) in [4.78, 5) is 26.1. The van der Waals surface area contributed by atoms with E-state index in [1.54, 1.807) is 24.3 Å². The van der Waals surface area contributed by atoms with Gasteiger partial charge in [0.2, 0.25) is 11.2 Å². The Kier molecular flexibility index (Phi) is 3.80. The van der Waals surface area contributed by atoms with E-state index < -0.39 is 0 Å². The zero-order valence-corrected chi connectivity index (χ0v) is 15.2. The van der Waals surface area contributed by atoms with Crippen LogP contribution in [0.4, 0.5) is 0 Å². The number of hydrogen-bond donors (Lipinski definition) is 0. The van der Waals surface area contributed by atoms with E-state index in [4.69, 9.17) is 23.4 Å². The smallest absolute Gasteiger partial charge is 0.229 e. The minimum atomic E-state index is -0.387. The molecule has 1 heterocycles. The molecule has 1 aromatic heterocycles. The first kappa shape index (κ1) is 17.0. The summed E-state index contributed by atoms with van der Waals surface area (Å²) in [7, 11) is 5.91. The van der Waals surface area contributed by atoms with Gasteiger partial charge in [0.05, 0.1) is 34.0 Å². The van der Waals surface area contributed by atoms with Crippen LogP contribution in [0.3, 0.4) is 0 Å². The van der Waals surface area contributed by atoms with Gasteiger partial charge in [-0.2, -0.15) is 0 Å². The average molecular weight is 368 g/mol. The van der Waals surface area contributed by atoms with Crippen molar-refractivity contribution in [1.29, 1.82) is 0 Å². The number of ketones is 1. The normalized spacial score (nSPS) is 11.9. The summed E-state index contributed by atoms with van der Waals surface area (Å²) in [5.41, 5.74) is 0.818. The van der Waals surface area contributed by atoms with E-state index in [0.717, 1.165) is 0 Å². The maximum absolute atomic E-state index is 13.3. The van der Waals surface area contributed by atoms with Gasteiger partial charge in [-0.1, -0.05) is 0 Å². The van der Waals surface area contributed by atoms with E-state index >= 15 is 0 Å². The standard InChI is InChI=1S/C20H16O7/c1-23-9-5-14(26-4)17-15(6-9)27-20-16(19(17)22)10-7-12(24-2)13(25-3)8-11(10)18(20)21/h5-8H,1-4H3. The Morgan fingerprint density at radius 2 is 1.37 bits per heavy atom. The molecule has 7 heteroatoms. The van der Waals surface area contributed by atoms with E-state index in [0.29, 0.717) is 34.1 Å². The molecular weight excluding hydrogens is 352 g/mol. The molecule has 27 heavy (non-hydrogen) atoms. The maximum atomic E-state index is 13.3. The summed E-state index contributed by atoms with van der Waals surface area (Å²) in [5.74, 6) is 1.16. The zero-order valence-electron chi connectivity index (χ0n) is 15.2. The van der Waals surface area contributed by atoms with Crippen molar-refractivity contribution in [3.05, 3.63) is 45.8 Å². The van der Waals surface area contributed by atoms with Gasteiger partial charge in [-0.15, -0.1) is 0 Å². The lowest BCUT2D eigenvalue weighted by molar-refractivity contribution is 0.101. The van der Waals surface area contributed by atoms with Crippen molar-refractivity contribution in [2.24, 2.45) is 0 Å². The molecule has 0 N–H and O–H groups in total. The number of carbonyl (C=O) groups is 1. The first-order valence-electron chi connectivity index (χ1n) is 8.08. The molecule has 0 radical (unpaired) electrons. The second-order valence-corrected chi connectivity index (χ2v) is 5.92. The summed E-state index contributed by atoms with van der Waals surface area (Å²) >= 11 is 0. The summed E-state index contributed by atoms with van der Waals surface area (Å²) in [6, 6.07) is 6.31. The Morgan fingerprint density at radius 3 is 1.96 bits per heavy atom. The zero-order chi connectivity index (χ0) is 19.3. The van der Waals surface area contributed by atoms with Crippen molar-refractivity contribution in [3.63, 3.8) is 0 Å². The summed E-state index contributed by atoms with van der Waals surface area (Å²) in [5, 5.41) is 0.243. The second kappa shape index (κ2) is 6.05. The highest BCUT2D eigenvalue weighted by Gasteiger charge is 2.35. The number of methoxy groups -OCH3 is 4.